The minimum atomic E-state index is 0.0587. The smallest absolute Gasteiger partial charge is 0.253 e. The number of nitrogens with two attached hydrogens (primary N) is 1. The molecule has 1 unspecified atom stereocenters. The van der Waals surface area contributed by atoms with Gasteiger partial charge in [0.2, 0.25) is 0 Å². The minimum absolute atomic E-state index is 0.0587. The normalized spacial score (nSPS) is 19.9. The summed E-state index contributed by atoms with van der Waals surface area (Å²) in [4.78, 5) is 17.1. The summed E-state index contributed by atoms with van der Waals surface area (Å²) < 4.78 is 0. The fourth-order valence-corrected chi connectivity index (χ4v) is 3.61. The van der Waals surface area contributed by atoms with Crippen LogP contribution in [0.3, 0.4) is 0 Å². The fourth-order valence-electron chi connectivity index (χ4n) is 3.61. The first-order valence-electron chi connectivity index (χ1n) is 9.30. The Labute approximate surface area is 156 Å². The van der Waals surface area contributed by atoms with E-state index in [9.17, 15) is 4.79 Å². The van der Waals surface area contributed by atoms with Gasteiger partial charge < -0.3 is 10.6 Å². The summed E-state index contributed by atoms with van der Waals surface area (Å²) in [7, 11) is 2.11. The molecule has 0 aliphatic carbocycles. The van der Waals surface area contributed by atoms with Gasteiger partial charge in [-0.05, 0) is 48.7 Å². The van der Waals surface area contributed by atoms with Crippen molar-refractivity contribution in [1.82, 2.24) is 9.80 Å². The lowest BCUT2D eigenvalue weighted by atomic mass is 9.90. The molecule has 4 heteroatoms. The molecule has 3 rings (SSSR count). The van der Waals surface area contributed by atoms with Crippen molar-refractivity contribution in [3.63, 3.8) is 0 Å². The molecule has 2 aromatic carbocycles. The second-order valence-corrected chi connectivity index (χ2v) is 7.85. The Morgan fingerprint density at radius 1 is 1.12 bits per heavy atom. The summed E-state index contributed by atoms with van der Waals surface area (Å²) in [6.07, 6.45) is 0.981. The van der Waals surface area contributed by atoms with Crippen molar-refractivity contribution in [2.75, 3.05) is 26.7 Å². The number of benzene rings is 2. The van der Waals surface area contributed by atoms with Crippen molar-refractivity contribution in [1.29, 1.82) is 0 Å². The van der Waals surface area contributed by atoms with Gasteiger partial charge in [0.05, 0.1) is 0 Å². The molecule has 1 fully saturated rings. The van der Waals surface area contributed by atoms with Crippen molar-refractivity contribution in [3.05, 3.63) is 71.3 Å². The van der Waals surface area contributed by atoms with Crippen LogP contribution in [-0.2, 0) is 13.1 Å². The summed E-state index contributed by atoms with van der Waals surface area (Å²) in [5, 5.41) is 0. The van der Waals surface area contributed by atoms with Gasteiger partial charge in [-0.2, -0.15) is 0 Å². The summed E-state index contributed by atoms with van der Waals surface area (Å²) >= 11 is 0. The Kier molecular flexibility index (Phi) is 5.74. The van der Waals surface area contributed by atoms with Crippen LogP contribution in [0.25, 0.3) is 0 Å². The van der Waals surface area contributed by atoms with Crippen LogP contribution in [0.15, 0.2) is 54.6 Å². The zero-order valence-corrected chi connectivity index (χ0v) is 15.8. The number of rotatable bonds is 6. The van der Waals surface area contributed by atoms with E-state index >= 15 is 0 Å². The molecule has 2 aromatic rings. The van der Waals surface area contributed by atoms with E-state index in [2.05, 4.69) is 49.2 Å². The Hall–Kier alpha value is -2.17. The highest BCUT2D eigenvalue weighted by atomic mass is 16.2. The summed E-state index contributed by atoms with van der Waals surface area (Å²) in [5.74, 6) is 0.120. The van der Waals surface area contributed by atoms with Crippen molar-refractivity contribution in [2.24, 2.45) is 11.1 Å². The Morgan fingerprint density at radius 3 is 2.50 bits per heavy atom. The van der Waals surface area contributed by atoms with Gasteiger partial charge >= 0.3 is 0 Å². The molecule has 4 nitrogen and oxygen atoms in total. The number of likely N-dealkylation sites (tertiary alicyclic amines) is 1. The molecule has 0 radical (unpaired) electrons. The molecule has 0 bridgehead atoms. The van der Waals surface area contributed by atoms with Crippen LogP contribution in [0, 0.1) is 5.41 Å². The van der Waals surface area contributed by atoms with Gasteiger partial charge in [-0.15, -0.1) is 0 Å². The molecule has 2 N–H and O–H groups in total. The first-order valence-corrected chi connectivity index (χ1v) is 9.30. The highest BCUT2D eigenvalue weighted by molar-refractivity contribution is 5.94. The lowest BCUT2D eigenvalue weighted by molar-refractivity contribution is 0.0776. The summed E-state index contributed by atoms with van der Waals surface area (Å²) in [6, 6.07) is 18.5. The van der Waals surface area contributed by atoms with Crippen molar-refractivity contribution < 1.29 is 4.79 Å². The molecule has 138 valence electrons. The van der Waals surface area contributed by atoms with E-state index in [0.29, 0.717) is 6.54 Å². The Morgan fingerprint density at radius 2 is 1.81 bits per heavy atom. The standard InChI is InChI=1S/C22H29N3O/c1-22(16-23)11-12-25(17-22)21(26)20-10-6-9-19(13-20)15-24(2)14-18-7-4-3-5-8-18/h3-10,13H,11-12,14-17,23H2,1-2H3. The van der Waals surface area contributed by atoms with Gasteiger partial charge in [-0.3, -0.25) is 9.69 Å². The Bertz CT molecular complexity index is 746. The second kappa shape index (κ2) is 8.02. The van der Waals surface area contributed by atoms with Crippen LogP contribution < -0.4 is 5.73 Å². The topological polar surface area (TPSA) is 49.6 Å². The molecule has 1 heterocycles. The van der Waals surface area contributed by atoms with Crippen LogP contribution in [0.4, 0.5) is 0 Å². The van der Waals surface area contributed by atoms with E-state index in [1.807, 2.05) is 29.2 Å². The minimum Gasteiger partial charge on any atom is -0.338 e. The van der Waals surface area contributed by atoms with Crippen LogP contribution in [0.5, 0.6) is 0 Å². The van der Waals surface area contributed by atoms with Gasteiger partial charge in [-0.25, -0.2) is 0 Å². The largest absolute Gasteiger partial charge is 0.338 e. The molecular formula is C22H29N3O. The van der Waals surface area contributed by atoms with Crippen molar-refractivity contribution >= 4 is 5.91 Å². The van der Waals surface area contributed by atoms with Crippen LogP contribution in [-0.4, -0.2) is 42.4 Å². The maximum atomic E-state index is 12.9. The molecule has 1 aliphatic rings. The monoisotopic (exact) mass is 351 g/mol. The third-order valence-corrected chi connectivity index (χ3v) is 5.26. The van der Waals surface area contributed by atoms with E-state index < -0.39 is 0 Å². The maximum absolute atomic E-state index is 12.9. The molecule has 0 aromatic heterocycles. The molecule has 0 saturated carbocycles. The Balaban J connectivity index is 1.64. The van der Waals surface area contributed by atoms with Crippen LogP contribution in [0.1, 0.15) is 34.8 Å². The first kappa shape index (κ1) is 18.6. The third-order valence-electron chi connectivity index (χ3n) is 5.26. The molecule has 0 spiro atoms. The fraction of sp³-hybridized carbons (Fsp3) is 0.409. The van der Waals surface area contributed by atoms with Crippen LogP contribution in [0.2, 0.25) is 0 Å². The second-order valence-electron chi connectivity index (χ2n) is 7.85. The average molecular weight is 351 g/mol. The highest BCUT2D eigenvalue weighted by Gasteiger charge is 2.35. The van der Waals surface area contributed by atoms with Gasteiger partial charge in [0.15, 0.2) is 0 Å². The summed E-state index contributed by atoms with van der Waals surface area (Å²) in [6.45, 7) is 6.04. The average Bonchev–Trinajstić information content (AvgIpc) is 3.05. The van der Waals surface area contributed by atoms with Gasteiger partial charge in [-0.1, -0.05) is 49.4 Å². The van der Waals surface area contributed by atoms with Gasteiger partial charge in [0, 0.05) is 31.7 Å². The van der Waals surface area contributed by atoms with Crippen molar-refractivity contribution in [2.45, 2.75) is 26.4 Å². The number of carbonyl (C=O) groups is 1. The quantitative estimate of drug-likeness (QED) is 0.870. The summed E-state index contributed by atoms with van der Waals surface area (Å²) in [5.41, 5.74) is 9.16. The van der Waals surface area contributed by atoms with E-state index in [0.717, 1.165) is 43.7 Å². The molecular weight excluding hydrogens is 322 g/mol. The zero-order chi connectivity index (χ0) is 18.6. The van der Waals surface area contributed by atoms with Gasteiger partial charge in [0.1, 0.15) is 0 Å². The molecule has 26 heavy (non-hydrogen) atoms. The lowest BCUT2D eigenvalue weighted by Crippen LogP contribution is -2.34. The molecule has 1 atom stereocenters. The van der Waals surface area contributed by atoms with Gasteiger partial charge in [0.25, 0.3) is 5.91 Å². The number of hydrogen-bond acceptors (Lipinski definition) is 3. The predicted octanol–water partition coefficient (Wildman–Crippen LogP) is 3.13. The van der Waals surface area contributed by atoms with Crippen LogP contribution >= 0.6 is 0 Å². The number of amides is 1. The van der Waals surface area contributed by atoms with E-state index in [1.165, 1.54) is 5.56 Å². The first-order chi connectivity index (χ1) is 12.5. The predicted molar refractivity (Wildman–Crippen MR) is 106 cm³/mol. The maximum Gasteiger partial charge on any atom is 0.253 e. The van der Waals surface area contributed by atoms with E-state index in [4.69, 9.17) is 5.73 Å². The highest BCUT2D eigenvalue weighted by Crippen LogP contribution is 2.29. The molecule has 1 aliphatic heterocycles. The van der Waals surface area contributed by atoms with E-state index in [1.54, 1.807) is 0 Å². The number of hydrogen-bond donors (Lipinski definition) is 1. The molecule has 1 amide bonds. The number of carbonyl (C=O) groups excluding carboxylic acids is 1. The SMILES string of the molecule is CN(Cc1ccccc1)Cc1cccc(C(=O)N2CCC(C)(CN)C2)c1. The van der Waals surface area contributed by atoms with E-state index in [-0.39, 0.29) is 11.3 Å². The number of nitrogens with zero attached hydrogens (tertiary/aromatic N) is 2. The lowest BCUT2D eigenvalue weighted by Gasteiger charge is -2.23. The molecule has 1 saturated heterocycles. The zero-order valence-electron chi connectivity index (χ0n) is 15.8. The third kappa shape index (κ3) is 4.51. The van der Waals surface area contributed by atoms with Crippen molar-refractivity contribution in [3.8, 4) is 0 Å².